The van der Waals surface area contributed by atoms with Crippen LogP contribution in [-0.2, 0) is 4.79 Å². The number of nitrogens with one attached hydrogen (secondary N) is 2. The molecule has 10 nitrogen and oxygen atoms in total. The highest BCUT2D eigenvalue weighted by molar-refractivity contribution is 6.08. The minimum atomic E-state index is -0.241. The number of aromatic amines is 1. The molecule has 2 N–H and O–H groups in total. The Kier molecular flexibility index (Phi) is 5.00. The summed E-state index contributed by atoms with van der Waals surface area (Å²) in [4.78, 5) is 38.5. The summed E-state index contributed by atoms with van der Waals surface area (Å²) in [5.74, 6) is 2.22. The first kappa shape index (κ1) is 20.8. The van der Waals surface area contributed by atoms with Crippen molar-refractivity contribution in [1.82, 2.24) is 25.2 Å². The van der Waals surface area contributed by atoms with Crippen molar-refractivity contribution < 1.29 is 23.8 Å². The van der Waals surface area contributed by atoms with E-state index in [0.717, 1.165) is 6.42 Å². The largest absolute Gasteiger partial charge is 0.492 e. The Morgan fingerprint density at radius 1 is 1.24 bits per heavy atom. The number of carbonyl (C=O) groups is 2. The highest BCUT2D eigenvalue weighted by atomic mass is 16.7. The molecule has 1 aromatic carbocycles. The third-order valence-corrected chi connectivity index (χ3v) is 6.59. The summed E-state index contributed by atoms with van der Waals surface area (Å²) in [6, 6.07) is 3.62. The van der Waals surface area contributed by atoms with Crippen molar-refractivity contribution in [2.24, 2.45) is 5.92 Å². The summed E-state index contributed by atoms with van der Waals surface area (Å²) in [6.07, 6.45) is 6.16. The number of carbonyl (C=O) groups excluding carboxylic acids is 2. The predicted molar refractivity (Wildman–Crippen MR) is 122 cm³/mol. The van der Waals surface area contributed by atoms with E-state index in [1.807, 2.05) is 12.1 Å². The lowest BCUT2D eigenvalue weighted by atomic mass is 10.1. The van der Waals surface area contributed by atoms with Gasteiger partial charge >= 0.3 is 0 Å². The maximum Gasteiger partial charge on any atom is 0.255 e. The van der Waals surface area contributed by atoms with E-state index in [2.05, 4.69) is 20.3 Å². The standard InChI is InChI=1S/C24H25N5O5/c1-13(30)29-7-6-15(9-29)28-24(31)16-8-25-22-20(16)26-11-27-21(22)19-17(32-10-14-2-3-14)4-5-18-23(19)34-12-33-18/h4-5,8,11,14-15,25H,2-3,6-7,9-10,12H2,1H3,(H,28,31)/t15-/m1/s1. The average Bonchev–Trinajstić information content (AvgIpc) is 3.20. The van der Waals surface area contributed by atoms with Crippen molar-refractivity contribution in [2.45, 2.75) is 32.2 Å². The van der Waals surface area contributed by atoms with E-state index >= 15 is 0 Å². The number of H-pyrrole nitrogens is 1. The van der Waals surface area contributed by atoms with Crippen LogP contribution in [-0.4, -0.2) is 64.2 Å². The molecule has 0 radical (unpaired) electrons. The lowest BCUT2D eigenvalue weighted by Crippen LogP contribution is -2.37. The molecule has 34 heavy (non-hydrogen) atoms. The van der Waals surface area contributed by atoms with Gasteiger partial charge in [-0.05, 0) is 37.3 Å². The fourth-order valence-corrected chi connectivity index (χ4v) is 4.52. The Balaban J connectivity index is 1.34. The molecule has 1 saturated heterocycles. The zero-order chi connectivity index (χ0) is 23.2. The molecule has 2 aromatic heterocycles. The average molecular weight is 463 g/mol. The van der Waals surface area contributed by atoms with Gasteiger partial charge in [0.25, 0.3) is 5.91 Å². The summed E-state index contributed by atoms with van der Waals surface area (Å²) in [5.41, 5.74) is 2.81. The fourth-order valence-electron chi connectivity index (χ4n) is 4.52. The summed E-state index contributed by atoms with van der Waals surface area (Å²) in [6.45, 7) is 3.46. The molecular formula is C24H25N5O5. The molecule has 10 heteroatoms. The maximum absolute atomic E-state index is 13.1. The zero-order valence-electron chi connectivity index (χ0n) is 18.8. The van der Waals surface area contributed by atoms with Crippen molar-refractivity contribution in [3.63, 3.8) is 0 Å². The molecule has 4 heterocycles. The van der Waals surface area contributed by atoms with Crippen molar-refractivity contribution in [3.8, 4) is 28.5 Å². The number of benzene rings is 1. The van der Waals surface area contributed by atoms with E-state index in [-0.39, 0.29) is 24.6 Å². The van der Waals surface area contributed by atoms with Gasteiger partial charge in [-0.25, -0.2) is 9.97 Å². The number of aromatic nitrogens is 3. The van der Waals surface area contributed by atoms with Crippen LogP contribution in [0.2, 0.25) is 0 Å². The van der Waals surface area contributed by atoms with Gasteiger partial charge in [0.05, 0.1) is 23.3 Å². The quantitative estimate of drug-likeness (QED) is 0.577. The van der Waals surface area contributed by atoms with Crippen LogP contribution in [0.4, 0.5) is 0 Å². The highest BCUT2D eigenvalue weighted by Gasteiger charge is 2.30. The predicted octanol–water partition coefficient (Wildman–Crippen LogP) is 2.49. The molecule has 1 saturated carbocycles. The number of ether oxygens (including phenoxy) is 3. The Morgan fingerprint density at radius 2 is 2.12 bits per heavy atom. The molecule has 6 rings (SSSR count). The number of likely N-dealkylation sites (tertiary alicyclic amines) is 1. The summed E-state index contributed by atoms with van der Waals surface area (Å²) in [5, 5.41) is 3.03. The van der Waals surface area contributed by atoms with Gasteiger partial charge in [-0.3, -0.25) is 9.59 Å². The molecular weight excluding hydrogens is 438 g/mol. The van der Waals surface area contributed by atoms with Crippen molar-refractivity contribution >= 4 is 22.8 Å². The monoisotopic (exact) mass is 463 g/mol. The minimum Gasteiger partial charge on any atom is -0.492 e. The van der Waals surface area contributed by atoms with Crippen LogP contribution in [0.5, 0.6) is 17.2 Å². The van der Waals surface area contributed by atoms with Gasteiger partial charge in [-0.15, -0.1) is 0 Å². The molecule has 1 aliphatic carbocycles. The molecule has 1 atom stereocenters. The van der Waals surface area contributed by atoms with E-state index < -0.39 is 0 Å². The Hall–Kier alpha value is -3.82. The molecule has 0 bridgehead atoms. The first-order valence-corrected chi connectivity index (χ1v) is 11.5. The van der Waals surface area contributed by atoms with E-state index in [4.69, 9.17) is 14.2 Å². The topological polar surface area (TPSA) is 119 Å². The van der Waals surface area contributed by atoms with Gasteiger partial charge < -0.3 is 29.4 Å². The summed E-state index contributed by atoms with van der Waals surface area (Å²) < 4.78 is 17.5. The second kappa shape index (κ2) is 8.19. The van der Waals surface area contributed by atoms with Crippen LogP contribution in [0.15, 0.2) is 24.7 Å². The van der Waals surface area contributed by atoms with Crippen LogP contribution in [0.3, 0.4) is 0 Å². The summed E-state index contributed by atoms with van der Waals surface area (Å²) >= 11 is 0. The molecule has 2 aliphatic heterocycles. The third-order valence-electron chi connectivity index (χ3n) is 6.59. The van der Waals surface area contributed by atoms with Gasteiger partial charge in [-0.1, -0.05) is 0 Å². The highest BCUT2D eigenvalue weighted by Crippen LogP contribution is 2.48. The normalized spacial score (nSPS) is 19.0. The Morgan fingerprint density at radius 3 is 2.91 bits per heavy atom. The van der Waals surface area contributed by atoms with E-state index in [1.165, 1.54) is 19.2 Å². The van der Waals surface area contributed by atoms with Crippen LogP contribution in [0, 0.1) is 5.92 Å². The van der Waals surface area contributed by atoms with Crippen LogP contribution in [0.1, 0.15) is 36.5 Å². The van der Waals surface area contributed by atoms with Gasteiger partial charge in [0.1, 0.15) is 23.3 Å². The Bertz CT molecular complexity index is 1280. The third kappa shape index (κ3) is 3.68. The minimum absolute atomic E-state index is 0.0162. The SMILES string of the molecule is CC(=O)N1CC[C@@H](NC(=O)c2c[nH]c3c(-c4c(OCC5CC5)ccc5c4OCO5)ncnc23)C1. The van der Waals surface area contributed by atoms with Crippen LogP contribution < -0.4 is 19.5 Å². The lowest BCUT2D eigenvalue weighted by Gasteiger charge is -2.15. The molecule has 2 fully saturated rings. The maximum atomic E-state index is 13.1. The van der Waals surface area contributed by atoms with Crippen LogP contribution in [0.25, 0.3) is 22.3 Å². The van der Waals surface area contributed by atoms with Gasteiger partial charge in [0.2, 0.25) is 12.7 Å². The molecule has 2 amide bonds. The number of amides is 2. The van der Waals surface area contributed by atoms with Crippen molar-refractivity contribution in [2.75, 3.05) is 26.5 Å². The van der Waals surface area contributed by atoms with Gasteiger partial charge in [0, 0.05) is 32.3 Å². The van der Waals surface area contributed by atoms with E-state index in [9.17, 15) is 9.59 Å². The fraction of sp³-hybridized carbons (Fsp3) is 0.417. The molecule has 176 valence electrons. The number of fused-ring (bicyclic) bond motifs is 2. The smallest absolute Gasteiger partial charge is 0.255 e. The van der Waals surface area contributed by atoms with Gasteiger partial charge in [0.15, 0.2) is 11.5 Å². The zero-order valence-corrected chi connectivity index (χ0v) is 18.8. The van der Waals surface area contributed by atoms with E-state index in [1.54, 1.807) is 18.0 Å². The summed E-state index contributed by atoms with van der Waals surface area (Å²) in [7, 11) is 0. The number of nitrogens with zero attached hydrogens (tertiary/aromatic N) is 3. The van der Waals surface area contributed by atoms with Crippen molar-refractivity contribution in [3.05, 3.63) is 30.2 Å². The number of hydrogen-bond donors (Lipinski definition) is 2. The molecule has 0 unspecified atom stereocenters. The second-order valence-corrected chi connectivity index (χ2v) is 9.00. The first-order valence-electron chi connectivity index (χ1n) is 11.5. The van der Waals surface area contributed by atoms with Crippen molar-refractivity contribution in [1.29, 1.82) is 0 Å². The molecule has 3 aromatic rings. The number of hydrogen-bond acceptors (Lipinski definition) is 7. The van der Waals surface area contributed by atoms with Gasteiger partial charge in [-0.2, -0.15) is 0 Å². The second-order valence-electron chi connectivity index (χ2n) is 9.00. The number of rotatable bonds is 6. The first-order chi connectivity index (χ1) is 16.6. The van der Waals surface area contributed by atoms with E-state index in [0.29, 0.717) is 70.7 Å². The molecule has 0 spiro atoms. The lowest BCUT2D eigenvalue weighted by molar-refractivity contribution is -0.127. The Labute approximate surface area is 195 Å². The molecule has 3 aliphatic rings. The van der Waals surface area contributed by atoms with Crippen LogP contribution >= 0.6 is 0 Å².